The van der Waals surface area contributed by atoms with Gasteiger partial charge in [0.05, 0.1) is 32.4 Å². The highest BCUT2D eigenvalue weighted by Crippen LogP contribution is 2.46. The van der Waals surface area contributed by atoms with Crippen LogP contribution in [0, 0.1) is 0 Å². The number of benzene rings is 1. The van der Waals surface area contributed by atoms with Crippen LogP contribution in [-0.4, -0.2) is 50.6 Å². The van der Waals surface area contributed by atoms with E-state index in [0.717, 1.165) is 37.5 Å². The number of para-hydroxylation sites is 1. The zero-order valence-corrected chi connectivity index (χ0v) is 18.9. The van der Waals surface area contributed by atoms with E-state index in [9.17, 15) is 0 Å². The van der Waals surface area contributed by atoms with Crippen molar-refractivity contribution in [1.29, 1.82) is 0 Å². The molecule has 1 aromatic rings. The zero-order chi connectivity index (χ0) is 18.5. The molecule has 1 aliphatic carbocycles. The molecular formula is C21H32IN3O3. The van der Waals surface area contributed by atoms with Gasteiger partial charge in [-0.3, -0.25) is 4.99 Å². The minimum atomic E-state index is -0.0241. The number of guanidine groups is 1. The summed E-state index contributed by atoms with van der Waals surface area (Å²) in [6.07, 6.45) is 5.81. The molecule has 6 nitrogen and oxygen atoms in total. The molecule has 2 fully saturated rings. The van der Waals surface area contributed by atoms with Crippen molar-refractivity contribution in [3.63, 3.8) is 0 Å². The van der Waals surface area contributed by atoms with Crippen molar-refractivity contribution in [2.75, 3.05) is 32.9 Å². The van der Waals surface area contributed by atoms with Gasteiger partial charge in [-0.15, -0.1) is 24.0 Å². The molecule has 2 unspecified atom stereocenters. The number of ether oxygens (including phenoxy) is 3. The molecule has 0 bridgehead atoms. The van der Waals surface area contributed by atoms with Crippen molar-refractivity contribution in [3.05, 3.63) is 29.8 Å². The topological polar surface area (TPSA) is 64.1 Å². The molecule has 0 amide bonds. The first kappa shape index (κ1) is 21.6. The van der Waals surface area contributed by atoms with Crippen LogP contribution in [0.2, 0.25) is 0 Å². The lowest BCUT2D eigenvalue weighted by Crippen LogP contribution is -2.47. The fourth-order valence-electron chi connectivity index (χ4n) is 4.39. The molecule has 2 aliphatic heterocycles. The molecule has 3 aliphatic rings. The highest BCUT2D eigenvalue weighted by molar-refractivity contribution is 14.0. The molecule has 1 spiro atoms. The number of nitrogens with one attached hydrogen (secondary N) is 2. The average Bonchev–Trinajstić information content (AvgIpc) is 3.14. The molecule has 2 heterocycles. The van der Waals surface area contributed by atoms with Crippen LogP contribution in [0.25, 0.3) is 0 Å². The summed E-state index contributed by atoms with van der Waals surface area (Å²) in [4.78, 5) is 4.77. The van der Waals surface area contributed by atoms with Gasteiger partial charge in [-0.05, 0) is 38.7 Å². The van der Waals surface area contributed by atoms with Crippen molar-refractivity contribution in [1.82, 2.24) is 10.6 Å². The van der Waals surface area contributed by atoms with Crippen molar-refractivity contribution in [3.8, 4) is 5.75 Å². The maximum Gasteiger partial charge on any atom is 0.191 e. The molecule has 156 valence electrons. The summed E-state index contributed by atoms with van der Waals surface area (Å²) in [5.41, 5.74) is 1.20. The summed E-state index contributed by atoms with van der Waals surface area (Å²) in [6, 6.07) is 8.61. The first-order valence-electron chi connectivity index (χ1n) is 10.3. The molecule has 1 saturated carbocycles. The summed E-state index contributed by atoms with van der Waals surface area (Å²) in [7, 11) is 0. The smallest absolute Gasteiger partial charge is 0.191 e. The summed E-state index contributed by atoms with van der Waals surface area (Å²) in [6.45, 7) is 5.47. The molecule has 1 saturated heterocycles. The fourth-order valence-corrected chi connectivity index (χ4v) is 4.39. The molecule has 28 heavy (non-hydrogen) atoms. The Balaban J connectivity index is 0.00000225. The van der Waals surface area contributed by atoms with Crippen LogP contribution in [0.1, 0.15) is 50.6 Å². The Hall–Kier alpha value is -1.06. The molecular weight excluding hydrogens is 469 g/mol. The third-order valence-electron chi connectivity index (χ3n) is 5.70. The third kappa shape index (κ3) is 5.10. The summed E-state index contributed by atoms with van der Waals surface area (Å²) in [5.74, 6) is 1.85. The van der Waals surface area contributed by atoms with E-state index in [1.54, 1.807) is 0 Å². The van der Waals surface area contributed by atoms with E-state index in [1.807, 2.05) is 0 Å². The molecule has 1 aromatic carbocycles. The van der Waals surface area contributed by atoms with Gasteiger partial charge in [-0.25, -0.2) is 0 Å². The first-order chi connectivity index (χ1) is 13.3. The van der Waals surface area contributed by atoms with Gasteiger partial charge in [-0.2, -0.15) is 0 Å². The maximum atomic E-state index is 6.47. The van der Waals surface area contributed by atoms with Crippen LogP contribution in [0.15, 0.2) is 29.3 Å². The standard InChI is InChI=1S/C21H31N3O3.HI/c1-2-22-20(23-14-16-15-25-11-12-26-16)24-18-13-21(9-5-6-10-21)27-19-8-4-3-7-17(18)19;/h3-4,7-8,16,18H,2,5-6,9-15H2,1H3,(H2,22,23,24);1H. The predicted octanol–water partition coefficient (Wildman–Crippen LogP) is 3.41. The van der Waals surface area contributed by atoms with Gasteiger partial charge in [0.1, 0.15) is 17.5 Å². The maximum absolute atomic E-state index is 6.47. The lowest BCUT2D eigenvalue weighted by atomic mass is 9.86. The Morgan fingerprint density at radius 2 is 2.04 bits per heavy atom. The van der Waals surface area contributed by atoms with E-state index in [0.29, 0.717) is 26.4 Å². The van der Waals surface area contributed by atoms with E-state index in [1.165, 1.54) is 18.4 Å². The number of hydrogen-bond acceptors (Lipinski definition) is 4. The van der Waals surface area contributed by atoms with Crippen LogP contribution >= 0.6 is 24.0 Å². The molecule has 0 aromatic heterocycles. The van der Waals surface area contributed by atoms with Crippen molar-refractivity contribution in [2.24, 2.45) is 4.99 Å². The Bertz CT molecular complexity index is 658. The van der Waals surface area contributed by atoms with Crippen LogP contribution in [0.3, 0.4) is 0 Å². The van der Waals surface area contributed by atoms with Crippen LogP contribution < -0.4 is 15.4 Å². The van der Waals surface area contributed by atoms with Crippen LogP contribution in [-0.2, 0) is 9.47 Å². The number of rotatable bonds is 4. The van der Waals surface area contributed by atoms with Gasteiger partial charge in [0, 0.05) is 18.5 Å². The summed E-state index contributed by atoms with van der Waals surface area (Å²) < 4.78 is 17.7. The van der Waals surface area contributed by atoms with Gasteiger partial charge in [0.25, 0.3) is 0 Å². The van der Waals surface area contributed by atoms with E-state index in [4.69, 9.17) is 19.2 Å². The number of hydrogen-bond donors (Lipinski definition) is 2. The van der Waals surface area contributed by atoms with Gasteiger partial charge < -0.3 is 24.8 Å². The largest absolute Gasteiger partial charge is 0.487 e. The lowest BCUT2D eigenvalue weighted by Gasteiger charge is -2.40. The lowest BCUT2D eigenvalue weighted by molar-refractivity contribution is -0.0833. The molecule has 0 radical (unpaired) electrons. The van der Waals surface area contributed by atoms with Crippen molar-refractivity contribution < 1.29 is 14.2 Å². The van der Waals surface area contributed by atoms with Crippen LogP contribution in [0.5, 0.6) is 5.75 Å². The molecule has 2 atom stereocenters. The molecule has 7 heteroatoms. The highest BCUT2D eigenvalue weighted by atomic mass is 127. The number of halogens is 1. The number of fused-ring (bicyclic) bond motifs is 1. The molecule has 2 N–H and O–H groups in total. The van der Waals surface area contributed by atoms with Crippen molar-refractivity contribution in [2.45, 2.75) is 56.8 Å². The Morgan fingerprint density at radius 3 is 2.79 bits per heavy atom. The van der Waals surface area contributed by atoms with E-state index < -0.39 is 0 Å². The minimum Gasteiger partial charge on any atom is -0.487 e. The second-order valence-corrected chi connectivity index (χ2v) is 7.72. The van der Waals surface area contributed by atoms with Gasteiger partial charge >= 0.3 is 0 Å². The SMILES string of the molecule is CCNC(=NCC1COCCO1)NC1CC2(CCCC2)Oc2ccccc21.I. The minimum absolute atomic E-state index is 0. The van der Waals surface area contributed by atoms with E-state index in [-0.39, 0.29) is 41.7 Å². The third-order valence-corrected chi connectivity index (χ3v) is 5.70. The van der Waals surface area contributed by atoms with Crippen molar-refractivity contribution >= 4 is 29.9 Å². The number of nitrogens with zero attached hydrogens (tertiary/aromatic N) is 1. The average molecular weight is 501 g/mol. The summed E-state index contributed by atoms with van der Waals surface area (Å²) >= 11 is 0. The van der Waals surface area contributed by atoms with E-state index in [2.05, 4.69) is 41.8 Å². The highest BCUT2D eigenvalue weighted by Gasteiger charge is 2.43. The fraction of sp³-hybridized carbons (Fsp3) is 0.667. The van der Waals surface area contributed by atoms with E-state index >= 15 is 0 Å². The summed E-state index contributed by atoms with van der Waals surface area (Å²) in [5, 5.41) is 7.05. The van der Waals surface area contributed by atoms with Gasteiger partial charge in [0.15, 0.2) is 5.96 Å². The van der Waals surface area contributed by atoms with Gasteiger partial charge in [-0.1, -0.05) is 18.2 Å². The van der Waals surface area contributed by atoms with Crippen LogP contribution in [0.4, 0.5) is 0 Å². The van der Waals surface area contributed by atoms with Gasteiger partial charge in [0.2, 0.25) is 0 Å². The Kier molecular flexibility index (Phi) is 7.82. The second-order valence-electron chi connectivity index (χ2n) is 7.72. The molecule has 4 rings (SSSR count). The second kappa shape index (κ2) is 10.1. The first-order valence-corrected chi connectivity index (χ1v) is 10.3. The normalized spacial score (nSPS) is 26.1. The Labute approximate surface area is 184 Å². The Morgan fingerprint density at radius 1 is 1.21 bits per heavy atom. The zero-order valence-electron chi connectivity index (χ0n) is 16.6. The quantitative estimate of drug-likeness (QED) is 0.376. The monoisotopic (exact) mass is 501 g/mol. The number of aliphatic imine (C=N–C) groups is 1. The predicted molar refractivity (Wildman–Crippen MR) is 121 cm³/mol.